The second-order valence-electron chi connectivity index (χ2n) is 6.23. The first-order valence-electron chi connectivity index (χ1n) is 8.27. The highest BCUT2D eigenvalue weighted by Gasteiger charge is 2.12. The molecule has 1 heterocycles. The highest BCUT2D eigenvalue weighted by molar-refractivity contribution is 6.12. The Bertz CT molecular complexity index is 1230. The van der Waals surface area contributed by atoms with Gasteiger partial charge in [-0.2, -0.15) is 0 Å². The predicted octanol–water partition coefficient (Wildman–Crippen LogP) is 6.35. The molecule has 0 aliphatic heterocycles. The predicted molar refractivity (Wildman–Crippen MR) is 102 cm³/mol. The molecule has 0 N–H and O–H groups in total. The molecule has 0 aliphatic carbocycles. The Hall–Kier alpha value is -3.26. The van der Waals surface area contributed by atoms with E-state index in [4.69, 9.17) is 4.98 Å². The standard InChI is InChI=1S/C23H14FN/c24-18-11-9-15(10-12-18)23-19-7-3-4-8-21(19)25-22-14-17-6-2-1-5-16(17)13-20(22)23/h1-14H. The van der Waals surface area contributed by atoms with E-state index in [-0.39, 0.29) is 5.82 Å². The molecular weight excluding hydrogens is 309 g/mol. The normalized spacial score (nSPS) is 11.4. The van der Waals surface area contributed by atoms with Crippen LogP contribution >= 0.6 is 0 Å². The van der Waals surface area contributed by atoms with Crippen molar-refractivity contribution in [3.05, 3.63) is 90.7 Å². The van der Waals surface area contributed by atoms with Gasteiger partial charge in [-0.05, 0) is 46.7 Å². The van der Waals surface area contributed by atoms with Gasteiger partial charge in [0.15, 0.2) is 0 Å². The summed E-state index contributed by atoms with van der Waals surface area (Å²) in [6.45, 7) is 0. The van der Waals surface area contributed by atoms with Gasteiger partial charge in [0.05, 0.1) is 11.0 Å². The van der Waals surface area contributed by atoms with Crippen LogP contribution in [0.2, 0.25) is 0 Å². The number of para-hydroxylation sites is 1. The molecule has 0 aliphatic rings. The molecule has 0 unspecified atom stereocenters. The van der Waals surface area contributed by atoms with Gasteiger partial charge < -0.3 is 0 Å². The minimum Gasteiger partial charge on any atom is -0.248 e. The van der Waals surface area contributed by atoms with Gasteiger partial charge in [-0.3, -0.25) is 0 Å². The molecule has 2 heteroatoms. The zero-order valence-corrected chi connectivity index (χ0v) is 13.4. The lowest BCUT2D eigenvalue weighted by molar-refractivity contribution is 0.628. The number of pyridine rings is 1. The summed E-state index contributed by atoms with van der Waals surface area (Å²) in [5.41, 5.74) is 4.01. The molecule has 0 bridgehead atoms. The van der Waals surface area contributed by atoms with Crippen LogP contribution < -0.4 is 0 Å². The van der Waals surface area contributed by atoms with Crippen LogP contribution in [-0.4, -0.2) is 4.98 Å². The van der Waals surface area contributed by atoms with E-state index >= 15 is 0 Å². The summed E-state index contributed by atoms with van der Waals surface area (Å²) in [6, 6.07) is 27.4. The number of hydrogen-bond donors (Lipinski definition) is 0. The molecule has 0 spiro atoms. The molecule has 1 aromatic heterocycles. The van der Waals surface area contributed by atoms with Crippen LogP contribution in [0.25, 0.3) is 43.7 Å². The van der Waals surface area contributed by atoms with E-state index in [0.717, 1.165) is 32.9 Å². The van der Waals surface area contributed by atoms with Crippen LogP contribution in [0.15, 0.2) is 84.9 Å². The van der Waals surface area contributed by atoms with Crippen molar-refractivity contribution in [3.8, 4) is 11.1 Å². The lowest BCUT2D eigenvalue weighted by Crippen LogP contribution is -1.90. The Morgan fingerprint density at radius 2 is 1.28 bits per heavy atom. The van der Waals surface area contributed by atoms with Crippen LogP contribution in [0.3, 0.4) is 0 Å². The van der Waals surface area contributed by atoms with Crippen molar-refractivity contribution in [1.29, 1.82) is 0 Å². The minimum absolute atomic E-state index is 0.225. The summed E-state index contributed by atoms with van der Waals surface area (Å²) >= 11 is 0. The third-order valence-electron chi connectivity index (χ3n) is 4.68. The van der Waals surface area contributed by atoms with E-state index in [9.17, 15) is 4.39 Å². The maximum atomic E-state index is 13.4. The van der Waals surface area contributed by atoms with Gasteiger partial charge in [-0.15, -0.1) is 0 Å². The number of benzene rings is 4. The average molecular weight is 323 g/mol. The first-order chi connectivity index (χ1) is 12.3. The molecule has 0 atom stereocenters. The number of aromatic nitrogens is 1. The second kappa shape index (κ2) is 5.38. The molecule has 5 aromatic rings. The summed E-state index contributed by atoms with van der Waals surface area (Å²) in [7, 11) is 0. The zero-order chi connectivity index (χ0) is 16.8. The molecule has 0 amide bonds. The fourth-order valence-corrected chi connectivity index (χ4v) is 3.51. The molecule has 5 rings (SSSR count). The van der Waals surface area contributed by atoms with Gasteiger partial charge in [0, 0.05) is 16.3 Å². The smallest absolute Gasteiger partial charge is 0.123 e. The maximum absolute atomic E-state index is 13.4. The molecule has 4 aromatic carbocycles. The van der Waals surface area contributed by atoms with Gasteiger partial charge >= 0.3 is 0 Å². The van der Waals surface area contributed by atoms with Gasteiger partial charge in [-0.25, -0.2) is 9.37 Å². The van der Waals surface area contributed by atoms with Gasteiger partial charge in [0.2, 0.25) is 0 Å². The van der Waals surface area contributed by atoms with Crippen LogP contribution in [0, 0.1) is 5.82 Å². The number of halogens is 1. The molecule has 118 valence electrons. The lowest BCUT2D eigenvalue weighted by atomic mass is 9.94. The summed E-state index contributed by atoms with van der Waals surface area (Å²) < 4.78 is 13.4. The van der Waals surface area contributed by atoms with Crippen molar-refractivity contribution in [2.75, 3.05) is 0 Å². The lowest BCUT2D eigenvalue weighted by Gasteiger charge is -2.12. The second-order valence-corrected chi connectivity index (χ2v) is 6.23. The topological polar surface area (TPSA) is 12.9 Å². The summed E-state index contributed by atoms with van der Waals surface area (Å²) in [6.07, 6.45) is 0. The van der Waals surface area contributed by atoms with Crippen molar-refractivity contribution < 1.29 is 4.39 Å². The molecule has 0 radical (unpaired) electrons. The van der Waals surface area contributed by atoms with E-state index in [1.54, 1.807) is 0 Å². The zero-order valence-electron chi connectivity index (χ0n) is 13.4. The molecule has 1 nitrogen and oxygen atoms in total. The largest absolute Gasteiger partial charge is 0.248 e. The minimum atomic E-state index is -0.225. The van der Waals surface area contributed by atoms with Crippen LogP contribution in [0.1, 0.15) is 0 Å². The number of fused-ring (bicyclic) bond motifs is 3. The SMILES string of the molecule is Fc1ccc(-c2c3ccccc3nc3cc4ccccc4cc23)cc1. The van der Waals surface area contributed by atoms with Crippen LogP contribution in [-0.2, 0) is 0 Å². The fraction of sp³-hybridized carbons (Fsp3) is 0. The third kappa shape index (κ3) is 2.26. The van der Waals surface area contributed by atoms with Gasteiger partial charge in [0.1, 0.15) is 5.82 Å². The fourth-order valence-electron chi connectivity index (χ4n) is 3.51. The van der Waals surface area contributed by atoms with Crippen molar-refractivity contribution >= 4 is 32.6 Å². The quantitative estimate of drug-likeness (QED) is 0.328. The van der Waals surface area contributed by atoms with E-state index in [0.29, 0.717) is 0 Å². The third-order valence-corrected chi connectivity index (χ3v) is 4.68. The van der Waals surface area contributed by atoms with E-state index < -0.39 is 0 Å². The highest BCUT2D eigenvalue weighted by Crippen LogP contribution is 2.36. The Balaban J connectivity index is 1.99. The summed E-state index contributed by atoms with van der Waals surface area (Å²) in [5, 5.41) is 4.51. The number of hydrogen-bond acceptors (Lipinski definition) is 1. The Kier molecular flexibility index (Phi) is 3.04. The summed E-state index contributed by atoms with van der Waals surface area (Å²) in [5.74, 6) is -0.225. The van der Waals surface area contributed by atoms with E-state index in [1.807, 2.05) is 42.5 Å². The van der Waals surface area contributed by atoms with Crippen molar-refractivity contribution in [1.82, 2.24) is 4.98 Å². The van der Waals surface area contributed by atoms with E-state index in [1.165, 1.54) is 22.9 Å². The van der Waals surface area contributed by atoms with E-state index in [2.05, 4.69) is 30.3 Å². The highest BCUT2D eigenvalue weighted by atomic mass is 19.1. The monoisotopic (exact) mass is 323 g/mol. The van der Waals surface area contributed by atoms with Crippen LogP contribution in [0.5, 0.6) is 0 Å². The molecule has 0 fully saturated rings. The Morgan fingerprint density at radius 3 is 2.08 bits per heavy atom. The summed E-state index contributed by atoms with van der Waals surface area (Å²) in [4.78, 5) is 4.86. The van der Waals surface area contributed by atoms with Crippen molar-refractivity contribution in [3.63, 3.8) is 0 Å². The van der Waals surface area contributed by atoms with Gasteiger partial charge in [-0.1, -0.05) is 54.6 Å². The number of rotatable bonds is 1. The first-order valence-corrected chi connectivity index (χ1v) is 8.27. The first kappa shape index (κ1) is 14.1. The maximum Gasteiger partial charge on any atom is 0.123 e. The van der Waals surface area contributed by atoms with Crippen molar-refractivity contribution in [2.24, 2.45) is 0 Å². The molecule has 0 saturated heterocycles. The van der Waals surface area contributed by atoms with Crippen molar-refractivity contribution in [2.45, 2.75) is 0 Å². The van der Waals surface area contributed by atoms with Crippen LogP contribution in [0.4, 0.5) is 4.39 Å². The Labute approximate surface area is 144 Å². The molecule has 0 saturated carbocycles. The number of nitrogens with zero attached hydrogens (tertiary/aromatic N) is 1. The Morgan fingerprint density at radius 1 is 0.600 bits per heavy atom. The molecule has 25 heavy (non-hydrogen) atoms. The average Bonchev–Trinajstić information content (AvgIpc) is 2.65. The molecular formula is C23H14FN. The van der Waals surface area contributed by atoms with Gasteiger partial charge in [0.25, 0.3) is 0 Å².